The van der Waals surface area contributed by atoms with Crippen LogP contribution in [-0.2, 0) is 12.8 Å². The predicted octanol–water partition coefficient (Wildman–Crippen LogP) is 4.94. The molecule has 0 unspecified atom stereocenters. The molecule has 0 aromatic heterocycles. The summed E-state index contributed by atoms with van der Waals surface area (Å²) < 4.78 is 14.0. The molecule has 2 aromatic rings. The van der Waals surface area contributed by atoms with Crippen molar-refractivity contribution in [3.8, 4) is 0 Å². The lowest BCUT2D eigenvalue weighted by Gasteiger charge is -2.10. The van der Waals surface area contributed by atoms with Gasteiger partial charge in [0.15, 0.2) is 5.78 Å². The lowest BCUT2D eigenvalue weighted by atomic mass is 9.94. The number of carbonyl (C=O) groups is 1. The van der Waals surface area contributed by atoms with E-state index in [0.717, 1.165) is 24.0 Å². The van der Waals surface area contributed by atoms with E-state index in [9.17, 15) is 9.18 Å². The minimum atomic E-state index is -0.410. The molecule has 0 heterocycles. The number of aryl methyl sites for hydroxylation is 2. The molecule has 0 saturated heterocycles. The van der Waals surface area contributed by atoms with E-state index in [-0.39, 0.29) is 5.78 Å². The summed E-state index contributed by atoms with van der Waals surface area (Å²) in [5.74, 6) is -0.537. The first kappa shape index (κ1) is 14.9. The molecule has 0 bridgehead atoms. The Hall–Kier alpha value is -1.48. The molecule has 104 valence electrons. The van der Waals surface area contributed by atoms with Crippen molar-refractivity contribution in [1.82, 2.24) is 0 Å². The smallest absolute Gasteiger partial charge is 0.193 e. The second-order valence-corrected chi connectivity index (χ2v) is 5.60. The van der Waals surface area contributed by atoms with Crippen molar-refractivity contribution in [3.63, 3.8) is 0 Å². The van der Waals surface area contributed by atoms with Crippen molar-refractivity contribution in [2.45, 2.75) is 26.7 Å². The second-order valence-electron chi connectivity index (χ2n) is 4.69. The van der Waals surface area contributed by atoms with Gasteiger partial charge in [0.1, 0.15) is 5.82 Å². The van der Waals surface area contributed by atoms with Crippen LogP contribution in [0.1, 0.15) is 40.9 Å². The quantitative estimate of drug-likeness (QED) is 0.723. The highest BCUT2D eigenvalue weighted by molar-refractivity contribution is 9.10. The average molecular weight is 335 g/mol. The predicted molar refractivity (Wildman–Crippen MR) is 82.7 cm³/mol. The summed E-state index contributed by atoms with van der Waals surface area (Å²) in [6.45, 7) is 4.06. The highest BCUT2D eigenvalue weighted by Crippen LogP contribution is 2.21. The monoisotopic (exact) mass is 334 g/mol. The van der Waals surface area contributed by atoms with Gasteiger partial charge in [-0.25, -0.2) is 4.39 Å². The first-order valence-electron chi connectivity index (χ1n) is 6.67. The largest absolute Gasteiger partial charge is 0.289 e. The fraction of sp³-hybridized carbons (Fsp3) is 0.235. The lowest BCUT2D eigenvalue weighted by molar-refractivity contribution is 0.103. The van der Waals surface area contributed by atoms with Gasteiger partial charge in [-0.3, -0.25) is 4.79 Å². The van der Waals surface area contributed by atoms with Crippen LogP contribution in [0, 0.1) is 5.82 Å². The number of hydrogen-bond donors (Lipinski definition) is 0. The molecule has 2 rings (SSSR count). The van der Waals surface area contributed by atoms with Gasteiger partial charge in [-0.05, 0) is 48.2 Å². The summed E-state index contributed by atoms with van der Waals surface area (Å²) >= 11 is 3.23. The molecule has 0 aliphatic heterocycles. The van der Waals surface area contributed by atoms with Gasteiger partial charge in [-0.1, -0.05) is 41.9 Å². The first-order valence-corrected chi connectivity index (χ1v) is 7.47. The van der Waals surface area contributed by atoms with Crippen LogP contribution in [0.15, 0.2) is 40.9 Å². The van der Waals surface area contributed by atoms with Gasteiger partial charge in [0.05, 0.1) is 0 Å². The third kappa shape index (κ3) is 3.15. The van der Waals surface area contributed by atoms with Crippen LogP contribution < -0.4 is 0 Å². The minimum Gasteiger partial charge on any atom is -0.289 e. The lowest BCUT2D eigenvalue weighted by Crippen LogP contribution is -2.06. The van der Waals surface area contributed by atoms with Gasteiger partial charge in [-0.2, -0.15) is 0 Å². The molecular weight excluding hydrogens is 319 g/mol. The molecule has 0 amide bonds. The highest BCUT2D eigenvalue weighted by Gasteiger charge is 2.15. The highest BCUT2D eigenvalue weighted by atomic mass is 79.9. The van der Waals surface area contributed by atoms with E-state index in [0.29, 0.717) is 15.6 Å². The Kier molecular flexibility index (Phi) is 4.71. The van der Waals surface area contributed by atoms with E-state index in [4.69, 9.17) is 0 Å². The summed E-state index contributed by atoms with van der Waals surface area (Å²) in [5, 5.41) is 0. The van der Waals surface area contributed by atoms with Crippen LogP contribution >= 0.6 is 15.9 Å². The Balaban J connectivity index is 2.51. The van der Waals surface area contributed by atoms with Crippen molar-refractivity contribution in [3.05, 3.63) is 68.9 Å². The summed E-state index contributed by atoms with van der Waals surface area (Å²) in [4.78, 5) is 12.6. The molecule has 0 fully saturated rings. The van der Waals surface area contributed by atoms with Crippen LogP contribution in [0.5, 0.6) is 0 Å². The van der Waals surface area contributed by atoms with Gasteiger partial charge in [0, 0.05) is 15.6 Å². The standard InChI is InChI=1S/C17H16BrFO/c1-3-11-5-6-12(4-2)16(7-11)17(20)13-8-14(18)10-15(19)9-13/h5-10H,3-4H2,1-2H3. The maximum Gasteiger partial charge on any atom is 0.193 e. The SMILES string of the molecule is CCc1ccc(CC)c(C(=O)c2cc(F)cc(Br)c2)c1. The maximum absolute atomic E-state index is 13.4. The number of hydrogen-bond acceptors (Lipinski definition) is 1. The van der Waals surface area contributed by atoms with E-state index in [1.807, 2.05) is 32.0 Å². The normalized spacial score (nSPS) is 10.6. The van der Waals surface area contributed by atoms with E-state index in [2.05, 4.69) is 15.9 Å². The topological polar surface area (TPSA) is 17.1 Å². The van der Waals surface area contributed by atoms with Gasteiger partial charge >= 0.3 is 0 Å². The fourth-order valence-electron chi connectivity index (χ4n) is 2.20. The third-order valence-electron chi connectivity index (χ3n) is 3.33. The molecule has 3 heteroatoms. The average Bonchev–Trinajstić information content (AvgIpc) is 2.44. The zero-order valence-electron chi connectivity index (χ0n) is 11.5. The molecule has 0 radical (unpaired) electrons. The summed E-state index contributed by atoms with van der Waals surface area (Å²) in [6, 6.07) is 10.2. The fourth-order valence-corrected chi connectivity index (χ4v) is 2.67. The summed E-state index contributed by atoms with van der Waals surface area (Å²) in [7, 11) is 0. The van der Waals surface area contributed by atoms with Crippen LogP contribution in [-0.4, -0.2) is 5.78 Å². The number of rotatable bonds is 4. The van der Waals surface area contributed by atoms with Crippen molar-refractivity contribution < 1.29 is 9.18 Å². The molecule has 20 heavy (non-hydrogen) atoms. The van der Waals surface area contributed by atoms with Crippen molar-refractivity contribution in [2.24, 2.45) is 0 Å². The zero-order chi connectivity index (χ0) is 14.7. The number of ketones is 1. The van der Waals surface area contributed by atoms with Crippen LogP contribution in [0.3, 0.4) is 0 Å². The summed E-state index contributed by atoms with van der Waals surface area (Å²) in [6.07, 6.45) is 1.65. The van der Waals surface area contributed by atoms with E-state index in [1.54, 1.807) is 6.07 Å². The maximum atomic E-state index is 13.4. The zero-order valence-corrected chi connectivity index (χ0v) is 13.1. The summed E-state index contributed by atoms with van der Waals surface area (Å²) in [5.41, 5.74) is 3.15. The Bertz CT molecular complexity index is 629. The minimum absolute atomic E-state index is 0.127. The molecule has 0 saturated carbocycles. The number of benzene rings is 2. The Morgan fingerprint density at radius 2 is 1.85 bits per heavy atom. The van der Waals surface area contributed by atoms with Crippen molar-refractivity contribution >= 4 is 21.7 Å². The van der Waals surface area contributed by atoms with Crippen LogP contribution in [0.25, 0.3) is 0 Å². The second kappa shape index (κ2) is 6.31. The molecule has 2 aromatic carbocycles. The molecule has 0 N–H and O–H groups in total. The van der Waals surface area contributed by atoms with Gasteiger partial charge in [0.25, 0.3) is 0 Å². The molecule has 0 aliphatic carbocycles. The van der Waals surface area contributed by atoms with Gasteiger partial charge in [-0.15, -0.1) is 0 Å². The van der Waals surface area contributed by atoms with E-state index in [1.165, 1.54) is 12.1 Å². The molecule has 0 atom stereocenters. The Morgan fingerprint density at radius 3 is 2.45 bits per heavy atom. The first-order chi connectivity index (χ1) is 9.55. The van der Waals surface area contributed by atoms with Crippen molar-refractivity contribution in [2.75, 3.05) is 0 Å². The van der Waals surface area contributed by atoms with Gasteiger partial charge in [0.2, 0.25) is 0 Å². The van der Waals surface area contributed by atoms with Crippen molar-refractivity contribution in [1.29, 1.82) is 0 Å². The van der Waals surface area contributed by atoms with Gasteiger partial charge < -0.3 is 0 Å². The molecular formula is C17H16BrFO. The van der Waals surface area contributed by atoms with Crippen LogP contribution in [0.2, 0.25) is 0 Å². The van der Waals surface area contributed by atoms with E-state index < -0.39 is 5.82 Å². The molecule has 0 aliphatic rings. The van der Waals surface area contributed by atoms with Crippen LogP contribution in [0.4, 0.5) is 4.39 Å². The Labute approximate surface area is 127 Å². The molecule has 0 spiro atoms. The Morgan fingerprint density at radius 1 is 1.10 bits per heavy atom. The number of halogens is 2. The third-order valence-corrected chi connectivity index (χ3v) is 3.79. The molecule has 1 nitrogen and oxygen atoms in total. The van der Waals surface area contributed by atoms with E-state index >= 15 is 0 Å². The number of carbonyl (C=O) groups excluding carboxylic acids is 1.